The summed E-state index contributed by atoms with van der Waals surface area (Å²) in [6, 6.07) is 17.8. The van der Waals surface area contributed by atoms with Gasteiger partial charge in [-0.25, -0.2) is 4.98 Å². The van der Waals surface area contributed by atoms with Crippen molar-refractivity contribution in [2.75, 3.05) is 17.7 Å². The van der Waals surface area contributed by atoms with Gasteiger partial charge in [0, 0.05) is 17.1 Å². The summed E-state index contributed by atoms with van der Waals surface area (Å²) in [6.07, 6.45) is 1.99. The predicted molar refractivity (Wildman–Crippen MR) is 121 cm³/mol. The Morgan fingerprint density at radius 2 is 1.90 bits per heavy atom. The first-order chi connectivity index (χ1) is 14.1. The van der Waals surface area contributed by atoms with E-state index in [1.165, 1.54) is 0 Å². The van der Waals surface area contributed by atoms with Crippen molar-refractivity contribution in [3.63, 3.8) is 0 Å². The van der Waals surface area contributed by atoms with Crippen LogP contribution in [-0.2, 0) is 6.54 Å². The third-order valence-electron chi connectivity index (χ3n) is 4.73. The number of carbonyl (C=O) groups is 1. The van der Waals surface area contributed by atoms with Gasteiger partial charge < -0.3 is 0 Å². The van der Waals surface area contributed by atoms with Crippen molar-refractivity contribution in [1.82, 2.24) is 14.8 Å². The van der Waals surface area contributed by atoms with Crippen LogP contribution in [0.5, 0.6) is 0 Å². The molecule has 148 valence electrons. The summed E-state index contributed by atoms with van der Waals surface area (Å²) in [7, 11) is 0. The highest BCUT2D eigenvalue weighted by molar-refractivity contribution is 7.98. The van der Waals surface area contributed by atoms with E-state index in [4.69, 9.17) is 4.98 Å². The maximum Gasteiger partial charge on any atom is 0.261 e. The number of hydrogen-bond acceptors (Lipinski definition) is 5. The summed E-state index contributed by atoms with van der Waals surface area (Å²) >= 11 is 3.12. The molecule has 0 aliphatic carbocycles. The fourth-order valence-corrected chi connectivity index (χ4v) is 4.90. The lowest BCUT2D eigenvalue weighted by Crippen LogP contribution is -2.34. The fraction of sp³-hybridized carbons (Fsp3) is 0.227. The summed E-state index contributed by atoms with van der Waals surface area (Å²) in [6.45, 7) is 5.13. The first-order valence-corrected chi connectivity index (χ1v) is 11.4. The molecule has 2 aromatic carbocycles. The minimum absolute atomic E-state index is 0.0319. The van der Waals surface area contributed by atoms with Crippen molar-refractivity contribution < 1.29 is 4.79 Å². The van der Waals surface area contributed by atoms with E-state index in [9.17, 15) is 4.79 Å². The number of fused-ring (bicyclic) bond motifs is 1. The molecule has 0 N–H and O–H groups in total. The smallest absolute Gasteiger partial charge is 0.261 e. The maximum atomic E-state index is 13.6. The number of aromatic nitrogens is 3. The topological polar surface area (TPSA) is 51.0 Å². The van der Waals surface area contributed by atoms with Gasteiger partial charge in [0.2, 0.25) is 0 Å². The van der Waals surface area contributed by atoms with E-state index < -0.39 is 0 Å². The summed E-state index contributed by atoms with van der Waals surface area (Å²) < 4.78 is 3.02. The molecule has 2 aromatic heterocycles. The highest BCUT2D eigenvalue weighted by Gasteiger charge is 2.23. The van der Waals surface area contributed by atoms with Crippen molar-refractivity contribution in [2.45, 2.75) is 25.3 Å². The molecule has 0 fully saturated rings. The molecule has 0 bridgehead atoms. The van der Waals surface area contributed by atoms with Crippen LogP contribution >= 0.6 is 23.1 Å². The standard InChI is InChI=1S/C22H22N4OS2/c1-15-14-16(2)26(24-15)13-12-25(21(27)17-8-4-6-10-19(17)28-3)22-23-18-9-5-7-11-20(18)29-22/h4-11,14H,12-13H2,1-3H3. The third-order valence-corrected chi connectivity index (χ3v) is 6.59. The van der Waals surface area contributed by atoms with Gasteiger partial charge in [0.15, 0.2) is 5.13 Å². The number of benzene rings is 2. The minimum atomic E-state index is -0.0319. The molecule has 0 saturated heterocycles. The van der Waals surface area contributed by atoms with E-state index in [1.807, 2.05) is 79.4 Å². The van der Waals surface area contributed by atoms with Gasteiger partial charge in [-0.15, -0.1) is 11.8 Å². The van der Waals surface area contributed by atoms with Crippen LogP contribution in [0.2, 0.25) is 0 Å². The Kier molecular flexibility index (Phi) is 5.69. The van der Waals surface area contributed by atoms with Crippen molar-refractivity contribution in [3.05, 3.63) is 71.5 Å². The number of carbonyl (C=O) groups excluding carboxylic acids is 1. The van der Waals surface area contributed by atoms with Gasteiger partial charge in [-0.2, -0.15) is 5.10 Å². The fourth-order valence-electron chi connectivity index (χ4n) is 3.32. The van der Waals surface area contributed by atoms with Crippen LogP contribution in [-0.4, -0.2) is 33.5 Å². The molecule has 0 unspecified atom stereocenters. The lowest BCUT2D eigenvalue weighted by Gasteiger charge is -2.21. The van der Waals surface area contributed by atoms with Crippen LogP contribution in [0.1, 0.15) is 21.7 Å². The van der Waals surface area contributed by atoms with Gasteiger partial charge in [0.1, 0.15) is 0 Å². The first-order valence-electron chi connectivity index (χ1n) is 9.38. The van der Waals surface area contributed by atoms with Gasteiger partial charge >= 0.3 is 0 Å². The molecule has 2 heterocycles. The van der Waals surface area contributed by atoms with Crippen LogP contribution in [0, 0.1) is 13.8 Å². The number of thioether (sulfide) groups is 1. The Morgan fingerprint density at radius 3 is 2.62 bits per heavy atom. The summed E-state index contributed by atoms with van der Waals surface area (Å²) in [4.78, 5) is 21.1. The van der Waals surface area contributed by atoms with Crippen LogP contribution in [0.25, 0.3) is 10.2 Å². The van der Waals surface area contributed by atoms with Gasteiger partial charge in [-0.05, 0) is 50.4 Å². The molecule has 0 atom stereocenters. The second kappa shape index (κ2) is 8.39. The minimum Gasteiger partial charge on any atom is -0.282 e. The average molecular weight is 423 g/mol. The average Bonchev–Trinajstić information content (AvgIpc) is 3.30. The Morgan fingerprint density at radius 1 is 1.14 bits per heavy atom. The number of aryl methyl sites for hydroxylation is 2. The van der Waals surface area contributed by atoms with Gasteiger partial charge in [0.05, 0.1) is 28.0 Å². The van der Waals surface area contributed by atoms with E-state index in [1.54, 1.807) is 28.0 Å². The van der Waals surface area contributed by atoms with Gasteiger partial charge in [-0.3, -0.25) is 14.4 Å². The number of nitrogens with zero attached hydrogens (tertiary/aromatic N) is 4. The lowest BCUT2D eigenvalue weighted by atomic mass is 10.2. The number of para-hydroxylation sites is 1. The van der Waals surface area contributed by atoms with E-state index in [0.717, 1.165) is 26.5 Å². The number of anilines is 1. The number of amides is 1. The van der Waals surface area contributed by atoms with E-state index in [-0.39, 0.29) is 5.91 Å². The number of rotatable bonds is 6. The van der Waals surface area contributed by atoms with Gasteiger partial charge in [-0.1, -0.05) is 35.6 Å². The van der Waals surface area contributed by atoms with E-state index in [2.05, 4.69) is 5.10 Å². The molecule has 0 aliphatic rings. The molecule has 7 heteroatoms. The Hall–Kier alpha value is -2.64. The summed E-state index contributed by atoms with van der Waals surface area (Å²) in [5.41, 5.74) is 3.68. The zero-order valence-electron chi connectivity index (χ0n) is 16.6. The van der Waals surface area contributed by atoms with Crippen molar-refractivity contribution >= 4 is 44.4 Å². The highest BCUT2D eigenvalue weighted by Crippen LogP contribution is 2.31. The monoisotopic (exact) mass is 422 g/mol. The van der Waals surface area contributed by atoms with Crippen LogP contribution < -0.4 is 4.90 Å². The SMILES string of the molecule is CSc1ccccc1C(=O)N(CCn1nc(C)cc1C)c1nc2ccccc2s1. The number of thiazole rings is 1. The quantitative estimate of drug-likeness (QED) is 0.402. The van der Waals surface area contributed by atoms with Crippen molar-refractivity contribution in [2.24, 2.45) is 0 Å². The van der Waals surface area contributed by atoms with E-state index in [0.29, 0.717) is 23.8 Å². The Labute approximate surface area is 178 Å². The summed E-state index contributed by atoms with van der Waals surface area (Å²) in [5, 5.41) is 5.26. The molecular formula is C22H22N4OS2. The molecular weight excluding hydrogens is 400 g/mol. The molecule has 0 radical (unpaired) electrons. The molecule has 4 rings (SSSR count). The Balaban J connectivity index is 1.71. The van der Waals surface area contributed by atoms with Crippen LogP contribution in [0.3, 0.4) is 0 Å². The zero-order valence-corrected chi connectivity index (χ0v) is 18.3. The molecule has 0 aliphatic heterocycles. The largest absolute Gasteiger partial charge is 0.282 e. The molecule has 29 heavy (non-hydrogen) atoms. The van der Waals surface area contributed by atoms with E-state index >= 15 is 0 Å². The number of hydrogen-bond donors (Lipinski definition) is 0. The normalized spacial score (nSPS) is 11.1. The van der Waals surface area contributed by atoms with Gasteiger partial charge in [0.25, 0.3) is 5.91 Å². The molecule has 0 spiro atoms. The third kappa shape index (κ3) is 4.06. The van der Waals surface area contributed by atoms with Crippen molar-refractivity contribution in [3.8, 4) is 0 Å². The molecule has 1 amide bonds. The second-order valence-corrected chi connectivity index (χ2v) is 8.63. The molecule has 4 aromatic rings. The first kappa shape index (κ1) is 19.7. The highest BCUT2D eigenvalue weighted by atomic mass is 32.2. The predicted octanol–water partition coefficient (Wildman–Crippen LogP) is 5.18. The summed E-state index contributed by atoms with van der Waals surface area (Å²) in [5.74, 6) is -0.0319. The maximum absolute atomic E-state index is 13.6. The van der Waals surface area contributed by atoms with Crippen LogP contribution in [0.4, 0.5) is 5.13 Å². The van der Waals surface area contributed by atoms with Crippen LogP contribution in [0.15, 0.2) is 59.5 Å². The second-order valence-electron chi connectivity index (χ2n) is 6.77. The molecule has 5 nitrogen and oxygen atoms in total. The zero-order chi connectivity index (χ0) is 20.4. The molecule has 0 saturated carbocycles. The Bertz CT molecular complexity index is 1130. The lowest BCUT2D eigenvalue weighted by molar-refractivity contribution is 0.0983. The van der Waals surface area contributed by atoms with Crippen molar-refractivity contribution in [1.29, 1.82) is 0 Å².